The van der Waals surface area contributed by atoms with Gasteiger partial charge >= 0.3 is 5.97 Å². The molecule has 1 aromatic carbocycles. The van der Waals surface area contributed by atoms with E-state index in [1.807, 2.05) is 0 Å². The van der Waals surface area contributed by atoms with Gasteiger partial charge in [-0.25, -0.2) is 14.4 Å². The molecule has 2 N–H and O–H groups in total. The molecular weight excluding hydrogens is 377 g/mol. The Balaban J connectivity index is 1.70. The molecule has 0 spiro atoms. The molecule has 0 saturated heterocycles. The van der Waals surface area contributed by atoms with Gasteiger partial charge in [0.15, 0.2) is 5.12 Å². The van der Waals surface area contributed by atoms with E-state index in [4.69, 9.17) is 5.11 Å². The lowest BCUT2D eigenvalue weighted by Crippen LogP contribution is -2.36. The largest absolute Gasteiger partial charge is 0.481 e. The minimum Gasteiger partial charge on any atom is -0.481 e. The van der Waals surface area contributed by atoms with Gasteiger partial charge in [-0.15, -0.1) is 22.2 Å². The van der Waals surface area contributed by atoms with Crippen molar-refractivity contribution < 1.29 is 19.1 Å². The number of benzene rings is 1. The van der Waals surface area contributed by atoms with Gasteiger partial charge < -0.3 is 10.4 Å². The van der Waals surface area contributed by atoms with Crippen molar-refractivity contribution in [2.45, 2.75) is 23.2 Å². The summed E-state index contributed by atoms with van der Waals surface area (Å²) in [4.78, 5) is 32.8. The normalized spacial score (nSPS) is 20.6. The van der Waals surface area contributed by atoms with Crippen LogP contribution in [0.25, 0.3) is 10.2 Å². The quantitative estimate of drug-likeness (QED) is 0.592. The standard InChI is InChI=1S/C17H14FN3O3S2/c18-9-3-4-10-13(6-9)25-14(21-10)8-26-16-11(2-1-5-19-16)20-12(17(26)24)7-15(22)23/h1-6,12,20,26H,7-8H2,(H,22,23). The Morgan fingerprint density at radius 3 is 3.04 bits per heavy atom. The number of nitrogens with one attached hydrogen (secondary N) is 1. The zero-order valence-corrected chi connectivity index (χ0v) is 15.1. The smallest absolute Gasteiger partial charge is 0.305 e. The van der Waals surface area contributed by atoms with Crippen LogP contribution in [0.2, 0.25) is 0 Å². The molecular formula is C17H14FN3O3S2. The lowest BCUT2D eigenvalue weighted by molar-refractivity contribution is -0.138. The van der Waals surface area contributed by atoms with Gasteiger partial charge in [0.05, 0.1) is 22.3 Å². The molecule has 2 unspecified atom stereocenters. The fraction of sp³-hybridized carbons (Fsp3) is 0.176. The van der Waals surface area contributed by atoms with Crippen LogP contribution < -0.4 is 5.32 Å². The second-order valence-corrected chi connectivity index (χ2v) is 8.97. The number of aromatic nitrogens is 2. The van der Waals surface area contributed by atoms with Crippen molar-refractivity contribution >= 4 is 49.2 Å². The maximum absolute atomic E-state index is 13.4. The van der Waals surface area contributed by atoms with Crippen molar-refractivity contribution in [2.24, 2.45) is 0 Å². The maximum Gasteiger partial charge on any atom is 0.305 e. The average Bonchev–Trinajstić information content (AvgIpc) is 2.99. The van der Waals surface area contributed by atoms with Gasteiger partial charge in [-0.3, -0.25) is 9.59 Å². The van der Waals surface area contributed by atoms with Crippen molar-refractivity contribution in [2.75, 3.05) is 5.32 Å². The number of thiol groups is 1. The van der Waals surface area contributed by atoms with E-state index in [1.165, 1.54) is 23.5 Å². The molecule has 0 saturated carbocycles. The number of pyridine rings is 1. The highest BCUT2D eigenvalue weighted by molar-refractivity contribution is 8.29. The second-order valence-electron chi connectivity index (χ2n) is 5.81. The summed E-state index contributed by atoms with van der Waals surface area (Å²) in [6, 6.07) is 7.16. The molecule has 0 bridgehead atoms. The van der Waals surface area contributed by atoms with Crippen LogP contribution in [0.5, 0.6) is 0 Å². The number of hydrogen-bond donors (Lipinski definition) is 3. The van der Waals surface area contributed by atoms with Crippen LogP contribution in [0, 0.1) is 5.82 Å². The first-order valence-electron chi connectivity index (χ1n) is 7.81. The average molecular weight is 391 g/mol. The SMILES string of the molecule is O=C(O)CC1Nc2cccnc2[SH](Cc2nc3ccc(F)cc3s2)C1=O. The molecule has 9 heteroatoms. The summed E-state index contributed by atoms with van der Waals surface area (Å²) in [7, 11) is -1.36. The zero-order chi connectivity index (χ0) is 18.3. The Hall–Kier alpha value is -2.52. The fourth-order valence-corrected chi connectivity index (χ4v) is 6.34. The molecule has 0 fully saturated rings. The van der Waals surface area contributed by atoms with Crippen LogP contribution in [-0.2, 0) is 15.3 Å². The molecule has 0 aliphatic carbocycles. The third-order valence-corrected chi connectivity index (χ3v) is 7.56. The number of anilines is 1. The number of rotatable bonds is 4. The van der Waals surface area contributed by atoms with Gasteiger partial charge in [0.2, 0.25) is 0 Å². The van der Waals surface area contributed by atoms with Crippen molar-refractivity contribution in [3.63, 3.8) is 0 Å². The first-order valence-corrected chi connectivity index (χ1v) is 10.2. The number of carboxylic acids is 1. The number of carbonyl (C=O) groups is 2. The molecule has 0 radical (unpaired) electrons. The van der Waals surface area contributed by atoms with Crippen molar-refractivity contribution in [1.29, 1.82) is 0 Å². The van der Waals surface area contributed by atoms with Crippen LogP contribution in [0.15, 0.2) is 41.6 Å². The van der Waals surface area contributed by atoms with Crippen LogP contribution in [0.3, 0.4) is 0 Å². The summed E-state index contributed by atoms with van der Waals surface area (Å²) < 4.78 is 14.1. The highest BCUT2D eigenvalue weighted by Crippen LogP contribution is 2.48. The topological polar surface area (TPSA) is 92.2 Å². The first-order chi connectivity index (χ1) is 12.5. The van der Waals surface area contributed by atoms with E-state index in [0.29, 0.717) is 22.0 Å². The Bertz CT molecular complexity index is 1020. The lowest BCUT2D eigenvalue weighted by Gasteiger charge is -2.32. The Morgan fingerprint density at radius 2 is 2.23 bits per heavy atom. The number of nitrogens with zero attached hydrogens (tertiary/aromatic N) is 2. The Kier molecular flexibility index (Phi) is 4.33. The summed E-state index contributed by atoms with van der Waals surface area (Å²) in [5.41, 5.74) is 1.38. The van der Waals surface area contributed by atoms with Crippen molar-refractivity contribution in [3.8, 4) is 0 Å². The monoisotopic (exact) mass is 391 g/mol. The molecule has 1 aliphatic heterocycles. The number of aliphatic carboxylic acids is 1. The molecule has 1 aliphatic rings. The predicted molar refractivity (Wildman–Crippen MR) is 99.4 cm³/mol. The van der Waals surface area contributed by atoms with Gasteiger partial charge in [0.1, 0.15) is 21.9 Å². The fourth-order valence-electron chi connectivity index (χ4n) is 2.88. The molecule has 6 nitrogen and oxygen atoms in total. The summed E-state index contributed by atoms with van der Waals surface area (Å²) in [5.74, 6) is -0.991. The van der Waals surface area contributed by atoms with Gasteiger partial charge in [0.25, 0.3) is 0 Å². The minimum atomic E-state index is -1.36. The summed E-state index contributed by atoms with van der Waals surface area (Å²) >= 11 is 1.35. The second kappa shape index (κ2) is 6.65. The maximum atomic E-state index is 13.4. The van der Waals surface area contributed by atoms with Crippen molar-refractivity contribution in [3.05, 3.63) is 47.4 Å². The van der Waals surface area contributed by atoms with E-state index in [-0.39, 0.29) is 17.4 Å². The van der Waals surface area contributed by atoms with Crippen LogP contribution in [-0.4, -0.2) is 32.2 Å². The highest BCUT2D eigenvalue weighted by Gasteiger charge is 2.35. The molecule has 3 heterocycles. The van der Waals surface area contributed by atoms with E-state index < -0.39 is 22.9 Å². The molecule has 134 valence electrons. The van der Waals surface area contributed by atoms with Gasteiger partial charge in [-0.2, -0.15) is 0 Å². The number of fused-ring (bicyclic) bond motifs is 2. The molecule has 2 aromatic heterocycles. The van der Waals surface area contributed by atoms with E-state index in [0.717, 1.165) is 9.71 Å². The molecule has 3 aromatic rings. The molecule has 0 amide bonds. The van der Waals surface area contributed by atoms with Crippen LogP contribution >= 0.6 is 22.2 Å². The molecule has 4 rings (SSSR count). The Labute approximate surface area is 154 Å². The minimum absolute atomic E-state index is 0.154. The Morgan fingerprint density at radius 1 is 1.38 bits per heavy atom. The third-order valence-electron chi connectivity index (χ3n) is 4.00. The number of carboxylic acid groups (broad SMARTS) is 1. The van der Waals surface area contributed by atoms with Crippen molar-refractivity contribution in [1.82, 2.24) is 9.97 Å². The lowest BCUT2D eigenvalue weighted by atomic mass is 10.2. The van der Waals surface area contributed by atoms with E-state index in [9.17, 15) is 14.0 Å². The third kappa shape index (κ3) is 3.15. The van der Waals surface area contributed by atoms with Crippen LogP contribution in [0.1, 0.15) is 11.4 Å². The van der Waals surface area contributed by atoms with Gasteiger partial charge in [-0.1, -0.05) is 0 Å². The summed E-state index contributed by atoms with van der Waals surface area (Å²) in [5, 5.41) is 13.3. The molecule has 2 atom stereocenters. The number of thiazole rings is 1. The van der Waals surface area contributed by atoms with Crippen LogP contribution in [0.4, 0.5) is 10.1 Å². The molecule has 26 heavy (non-hydrogen) atoms. The van der Waals surface area contributed by atoms with E-state index >= 15 is 0 Å². The number of hydrogen-bond acceptors (Lipinski definition) is 6. The summed E-state index contributed by atoms with van der Waals surface area (Å²) in [6.45, 7) is 0. The van der Waals surface area contributed by atoms with Gasteiger partial charge in [-0.05, 0) is 30.3 Å². The number of halogens is 1. The summed E-state index contributed by atoms with van der Waals surface area (Å²) in [6.07, 6.45) is 1.34. The highest BCUT2D eigenvalue weighted by atomic mass is 32.2. The zero-order valence-electron chi connectivity index (χ0n) is 13.3. The van der Waals surface area contributed by atoms with Gasteiger partial charge in [0, 0.05) is 11.9 Å². The first kappa shape index (κ1) is 16.9. The predicted octanol–water partition coefficient (Wildman–Crippen LogP) is 3.19. The van der Waals surface area contributed by atoms with E-state index in [2.05, 4.69) is 15.3 Å². The number of carbonyl (C=O) groups excluding carboxylic acids is 1. The van der Waals surface area contributed by atoms with E-state index in [1.54, 1.807) is 24.4 Å².